The van der Waals surface area contributed by atoms with Gasteiger partial charge in [-0.3, -0.25) is 0 Å². The van der Waals surface area contributed by atoms with E-state index in [-0.39, 0.29) is 36.0 Å². The Bertz CT molecular complexity index is 849. The molecule has 0 aliphatic heterocycles. The fraction of sp³-hybridized carbons (Fsp3) is 0.579. The Morgan fingerprint density at radius 1 is 1.10 bits per heavy atom. The van der Waals surface area contributed by atoms with Gasteiger partial charge in [-0.05, 0) is 45.2 Å². The Kier molecular flexibility index (Phi) is 5.92. The number of pyridine rings is 1. The summed E-state index contributed by atoms with van der Waals surface area (Å²) in [6.07, 6.45) is -1.18. The smallest absolute Gasteiger partial charge is 0.389 e. The van der Waals surface area contributed by atoms with Gasteiger partial charge < -0.3 is 15.7 Å². The van der Waals surface area contributed by atoms with E-state index in [1.807, 2.05) is 6.92 Å². The molecular weight excluding hydrogens is 385 g/mol. The summed E-state index contributed by atoms with van der Waals surface area (Å²) >= 11 is 0. The van der Waals surface area contributed by atoms with E-state index in [2.05, 4.69) is 30.6 Å². The van der Waals surface area contributed by atoms with Gasteiger partial charge in [0.15, 0.2) is 5.82 Å². The van der Waals surface area contributed by atoms with Gasteiger partial charge >= 0.3 is 6.18 Å². The van der Waals surface area contributed by atoms with Crippen molar-refractivity contribution in [2.45, 2.75) is 57.9 Å². The van der Waals surface area contributed by atoms with Gasteiger partial charge in [0.05, 0.1) is 5.60 Å². The predicted octanol–water partition coefficient (Wildman–Crippen LogP) is 3.74. The normalized spacial score (nSPS) is 15.8. The minimum absolute atomic E-state index is 0.00794. The molecule has 1 aliphatic rings. The number of hydrogen-bond acceptors (Lipinski definition) is 7. The van der Waals surface area contributed by atoms with E-state index in [1.54, 1.807) is 13.8 Å². The second-order valence-electron chi connectivity index (χ2n) is 8.10. The molecule has 1 atom stereocenters. The predicted molar refractivity (Wildman–Crippen MR) is 103 cm³/mol. The number of nitrogens with zero attached hydrogens (tertiary/aromatic N) is 4. The van der Waals surface area contributed by atoms with Crippen molar-refractivity contribution in [3.63, 3.8) is 0 Å². The Labute approximate surface area is 167 Å². The lowest BCUT2D eigenvalue weighted by molar-refractivity contribution is -0.141. The van der Waals surface area contributed by atoms with Crippen molar-refractivity contribution in [3.05, 3.63) is 23.9 Å². The van der Waals surface area contributed by atoms with Crippen molar-refractivity contribution in [1.29, 1.82) is 0 Å². The first kappa shape index (κ1) is 21.2. The van der Waals surface area contributed by atoms with Crippen molar-refractivity contribution in [3.8, 4) is 11.5 Å². The zero-order valence-corrected chi connectivity index (χ0v) is 16.6. The van der Waals surface area contributed by atoms with E-state index < -0.39 is 17.5 Å². The molecule has 0 saturated heterocycles. The molecule has 2 aromatic rings. The SMILES string of the molecule is C[C@H](CC1CC1)Nc1nc(NCC(C)(C)O)nc(-c2cccc(C(F)(F)F)n2)n1. The number of halogens is 3. The maximum absolute atomic E-state index is 13.0. The van der Waals surface area contributed by atoms with Crippen LogP contribution in [0.3, 0.4) is 0 Å². The highest BCUT2D eigenvalue weighted by Crippen LogP contribution is 2.34. The molecule has 0 spiro atoms. The second-order valence-corrected chi connectivity index (χ2v) is 8.10. The van der Waals surface area contributed by atoms with Gasteiger partial charge in [-0.25, -0.2) is 4.98 Å². The molecular formula is C19H25F3N6O. The summed E-state index contributed by atoms with van der Waals surface area (Å²) < 4.78 is 39.1. The van der Waals surface area contributed by atoms with Crippen LogP contribution in [0.4, 0.5) is 25.1 Å². The molecule has 0 aromatic carbocycles. The summed E-state index contributed by atoms with van der Waals surface area (Å²) in [6.45, 7) is 5.40. The highest BCUT2D eigenvalue weighted by atomic mass is 19.4. The fourth-order valence-electron chi connectivity index (χ4n) is 2.78. The number of aliphatic hydroxyl groups is 1. The molecule has 1 aliphatic carbocycles. The van der Waals surface area contributed by atoms with Crippen LogP contribution in [0.15, 0.2) is 18.2 Å². The van der Waals surface area contributed by atoms with Gasteiger partial charge in [-0.1, -0.05) is 18.9 Å². The van der Waals surface area contributed by atoms with E-state index in [0.29, 0.717) is 5.92 Å². The number of aromatic nitrogens is 4. The van der Waals surface area contributed by atoms with Crippen molar-refractivity contribution >= 4 is 11.9 Å². The minimum atomic E-state index is -4.56. The molecule has 2 aromatic heterocycles. The average molecular weight is 410 g/mol. The molecule has 29 heavy (non-hydrogen) atoms. The van der Waals surface area contributed by atoms with Gasteiger partial charge in [-0.15, -0.1) is 0 Å². The fourth-order valence-corrected chi connectivity index (χ4v) is 2.78. The summed E-state index contributed by atoms with van der Waals surface area (Å²) in [7, 11) is 0. The summed E-state index contributed by atoms with van der Waals surface area (Å²) in [5.41, 5.74) is -2.04. The van der Waals surface area contributed by atoms with Gasteiger partial charge in [0.1, 0.15) is 11.4 Å². The number of hydrogen-bond donors (Lipinski definition) is 3. The van der Waals surface area contributed by atoms with Crippen LogP contribution in [0.2, 0.25) is 0 Å². The number of alkyl halides is 3. The first-order valence-electron chi connectivity index (χ1n) is 9.53. The third kappa shape index (κ3) is 6.52. The van der Waals surface area contributed by atoms with Gasteiger partial charge in [0.25, 0.3) is 0 Å². The lowest BCUT2D eigenvalue weighted by atomic mass is 10.1. The minimum Gasteiger partial charge on any atom is -0.389 e. The molecule has 2 heterocycles. The van der Waals surface area contributed by atoms with Gasteiger partial charge in [0, 0.05) is 12.6 Å². The van der Waals surface area contributed by atoms with Gasteiger partial charge in [0.2, 0.25) is 11.9 Å². The molecule has 7 nitrogen and oxygen atoms in total. The second kappa shape index (κ2) is 8.10. The Morgan fingerprint density at radius 2 is 1.79 bits per heavy atom. The maximum atomic E-state index is 13.0. The summed E-state index contributed by atoms with van der Waals surface area (Å²) in [5.74, 6) is 1.11. The number of anilines is 2. The molecule has 3 N–H and O–H groups in total. The van der Waals surface area contributed by atoms with Crippen LogP contribution < -0.4 is 10.6 Å². The first-order valence-corrected chi connectivity index (χ1v) is 9.53. The lowest BCUT2D eigenvalue weighted by Gasteiger charge is -2.19. The van der Waals surface area contributed by atoms with Crippen molar-refractivity contribution < 1.29 is 18.3 Å². The van der Waals surface area contributed by atoms with E-state index in [1.165, 1.54) is 25.0 Å². The zero-order chi connectivity index (χ0) is 21.2. The zero-order valence-electron chi connectivity index (χ0n) is 16.6. The summed E-state index contributed by atoms with van der Waals surface area (Å²) in [6, 6.07) is 3.69. The summed E-state index contributed by atoms with van der Waals surface area (Å²) in [5, 5.41) is 16.0. The van der Waals surface area contributed by atoms with Crippen LogP contribution >= 0.6 is 0 Å². The molecule has 1 saturated carbocycles. The number of rotatable bonds is 8. The molecule has 0 bridgehead atoms. The van der Waals surface area contributed by atoms with Crippen LogP contribution in [0.25, 0.3) is 11.5 Å². The topological polar surface area (TPSA) is 95.9 Å². The quantitative estimate of drug-likeness (QED) is 0.610. The molecule has 1 fully saturated rings. The van der Waals surface area contributed by atoms with Crippen molar-refractivity contribution in [1.82, 2.24) is 19.9 Å². The Hall–Kier alpha value is -2.49. The molecule has 0 radical (unpaired) electrons. The molecule has 3 rings (SSSR count). The molecule has 0 amide bonds. The largest absolute Gasteiger partial charge is 0.433 e. The van der Waals surface area contributed by atoms with Crippen molar-refractivity contribution in [2.75, 3.05) is 17.2 Å². The van der Waals surface area contributed by atoms with E-state index in [4.69, 9.17) is 0 Å². The molecule has 10 heteroatoms. The van der Waals surface area contributed by atoms with Crippen LogP contribution in [0, 0.1) is 5.92 Å². The molecule has 158 valence electrons. The maximum Gasteiger partial charge on any atom is 0.433 e. The van der Waals surface area contributed by atoms with Crippen LogP contribution in [-0.4, -0.2) is 43.2 Å². The van der Waals surface area contributed by atoms with Crippen LogP contribution in [0.5, 0.6) is 0 Å². The van der Waals surface area contributed by atoms with E-state index in [9.17, 15) is 18.3 Å². The van der Waals surface area contributed by atoms with E-state index >= 15 is 0 Å². The average Bonchev–Trinajstić information content (AvgIpc) is 3.42. The highest BCUT2D eigenvalue weighted by molar-refractivity contribution is 5.54. The third-order valence-electron chi connectivity index (χ3n) is 4.34. The van der Waals surface area contributed by atoms with Crippen molar-refractivity contribution in [2.24, 2.45) is 5.92 Å². The van der Waals surface area contributed by atoms with Crippen LogP contribution in [0.1, 0.15) is 45.7 Å². The lowest BCUT2D eigenvalue weighted by Crippen LogP contribution is -2.30. The highest BCUT2D eigenvalue weighted by Gasteiger charge is 2.33. The summed E-state index contributed by atoms with van der Waals surface area (Å²) in [4.78, 5) is 16.4. The Balaban J connectivity index is 1.90. The van der Waals surface area contributed by atoms with Crippen LogP contribution in [-0.2, 0) is 6.18 Å². The molecule has 0 unspecified atom stereocenters. The van der Waals surface area contributed by atoms with Gasteiger partial charge in [-0.2, -0.15) is 28.1 Å². The standard InChI is InChI=1S/C19H25F3N6O/c1-11(9-12-7-8-12)24-17-27-15(26-16(28-17)23-10-18(2,3)29)13-5-4-6-14(25-13)19(20,21)22/h4-6,11-12,29H,7-10H2,1-3H3,(H2,23,24,26,27,28)/t11-/m1/s1. The third-order valence-corrected chi connectivity index (χ3v) is 4.34. The monoisotopic (exact) mass is 410 g/mol. The number of nitrogens with one attached hydrogen (secondary N) is 2. The first-order chi connectivity index (χ1) is 13.5. The van der Waals surface area contributed by atoms with E-state index in [0.717, 1.165) is 12.5 Å². The Morgan fingerprint density at radius 3 is 2.41 bits per heavy atom.